The summed E-state index contributed by atoms with van der Waals surface area (Å²) in [4.78, 5) is 0. The van der Waals surface area contributed by atoms with Crippen molar-refractivity contribution in [2.75, 3.05) is 0 Å². The van der Waals surface area contributed by atoms with Crippen LogP contribution in [0.4, 0.5) is 0 Å². The SMILES string of the molecule is O.O.O.O.O.O.O.O=S(=O)([O-])[O-].O=S(=O)([O-])[O-].[Ti+4]. The van der Waals surface area contributed by atoms with Crippen molar-refractivity contribution in [3.05, 3.63) is 0 Å². The van der Waals surface area contributed by atoms with E-state index >= 15 is 0 Å². The fourth-order valence-electron chi connectivity index (χ4n) is 0. The second kappa shape index (κ2) is 30.3. The summed E-state index contributed by atoms with van der Waals surface area (Å²) >= 11 is 0. The molecule has 120 valence electrons. The molecule has 18 heteroatoms. The summed E-state index contributed by atoms with van der Waals surface area (Å²) in [5, 5.41) is 0. The van der Waals surface area contributed by atoms with Gasteiger partial charge >= 0.3 is 21.7 Å². The molecule has 0 fully saturated rings. The monoisotopic (exact) mass is 366 g/mol. The summed E-state index contributed by atoms with van der Waals surface area (Å²) in [5.74, 6) is 0. The largest absolute Gasteiger partial charge is 4.00 e. The Hall–Kier alpha value is 0.174. The van der Waals surface area contributed by atoms with E-state index in [-0.39, 0.29) is 60.1 Å². The van der Waals surface area contributed by atoms with E-state index in [0.717, 1.165) is 0 Å². The van der Waals surface area contributed by atoms with Crippen LogP contribution in [0.2, 0.25) is 0 Å². The van der Waals surface area contributed by atoms with Crippen LogP contribution >= 0.6 is 0 Å². The molecule has 0 amide bonds. The number of rotatable bonds is 0. The molecule has 0 saturated heterocycles. The molecule has 0 aliphatic heterocycles. The van der Waals surface area contributed by atoms with Gasteiger partial charge in [-0.3, -0.25) is 16.8 Å². The Morgan fingerprint density at radius 1 is 0.444 bits per heavy atom. The normalized spacial score (nSPS) is 6.44. The molecule has 0 aromatic rings. The second-order valence-corrected chi connectivity index (χ2v) is 2.45. The van der Waals surface area contributed by atoms with Crippen LogP contribution in [-0.2, 0) is 42.5 Å². The molecule has 18 heavy (non-hydrogen) atoms. The van der Waals surface area contributed by atoms with Gasteiger partial charge in [-0.2, -0.15) is 0 Å². The third-order valence-electron chi connectivity index (χ3n) is 0. The van der Waals surface area contributed by atoms with E-state index in [9.17, 15) is 0 Å². The van der Waals surface area contributed by atoms with Crippen LogP contribution in [0.25, 0.3) is 0 Å². The molecule has 14 N–H and O–H groups in total. The van der Waals surface area contributed by atoms with Gasteiger partial charge < -0.3 is 56.5 Å². The molecule has 0 rings (SSSR count). The van der Waals surface area contributed by atoms with Crippen molar-refractivity contribution >= 4 is 20.8 Å². The minimum Gasteiger partial charge on any atom is -0.759 e. The maximum atomic E-state index is 8.52. The van der Waals surface area contributed by atoms with E-state index in [1.54, 1.807) is 0 Å². The molecule has 0 aromatic heterocycles. The van der Waals surface area contributed by atoms with Crippen LogP contribution in [0.3, 0.4) is 0 Å². The number of hydrogen-bond acceptors (Lipinski definition) is 8. The average Bonchev–Trinajstić information content (AvgIpc) is 1.12. The average molecular weight is 366 g/mol. The van der Waals surface area contributed by atoms with Crippen molar-refractivity contribution in [1.29, 1.82) is 0 Å². The molecule has 0 saturated carbocycles. The van der Waals surface area contributed by atoms with Crippen LogP contribution < -0.4 is 0 Å². The van der Waals surface area contributed by atoms with Gasteiger partial charge in [0.05, 0.1) is 0 Å². The summed E-state index contributed by atoms with van der Waals surface area (Å²) in [6, 6.07) is 0. The van der Waals surface area contributed by atoms with Crippen LogP contribution in [0, 0.1) is 0 Å². The van der Waals surface area contributed by atoms with Crippen LogP contribution in [0.15, 0.2) is 0 Å². The smallest absolute Gasteiger partial charge is 0.759 e. The summed E-state index contributed by atoms with van der Waals surface area (Å²) in [6.07, 6.45) is 0. The van der Waals surface area contributed by atoms with E-state index in [1.165, 1.54) is 0 Å². The van der Waals surface area contributed by atoms with E-state index in [1.807, 2.05) is 0 Å². The Kier molecular flexibility index (Phi) is 135. The molecule has 0 radical (unpaired) electrons. The zero-order valence-corrected chi connectivity index (χ0v) is 11.3. The number of hydrogen-bond donors (Lipinski definition) is 0. The summed E-state index contributed by atoms with van der Waals surface area (Å²) in [5.41, 5.74) is 0. The summed E-state index contributed by atoms with van der Waals surface area (Å²) in [6.45, 7) is 0. The molecular weight excluding hydrogens is 352 g/mol. The fourth-order valence-corrected chi connectivity index (χ4v) is 0. The molecule has 0 unspecified atom stereocenters. The first-order valence-corrected chi connectivity index (χ1v) is 4.00. The quantitative estimate of drug-likeness (QED) is 0.224. The Morgan fingerprint density at radius 3 is 0.444 bits per heavy atom. The fraction of sp³-hybridized carbons (Fsp3) is 0. The maximum Gasteiger partial charge on any atom is 4.00 e. The minimum absolute atomic E-state index is 0. The molecule has 0 spiro atoms. The van der Waals surface area contributed by atoms with Crippen LogP contribution in [-0.4, -0.2) is 73.4 Å². The van der Waals surface area contributed by atoms with Gasteiger partial charge in [0, 0.05) is 20.8 Å². The molecular formula is H14O15S2Ti. The van der Waals surface area contributed by atoms with Gasteiger partial charge in [-0.25, -0.2) is 0 Å². The molecule has 0 bridgehead atoms. The molecule has 0 aromatic carbocycles. The molecule has 15 nitrogen and oxygen atoms in total. The van der Waals surface area contributed by atoms with E-state index in [0.29, 0.717) is 0 Å². The van der Waals surface area contributed by atoms with Gasteiger partial charge in [-0.05, 0) is 0 Å². The Labute approximate surface area is 116 Å². The van der Waals surface area contributed by atoms with Gasteiger partial charge in [-0.1, -0.05) is 0 Å². The first-order valence-electron chi connectivity index (χ1n) is 1.33. The third kappa shape index (κ3) is 123000. The van der Waals surface area contributed by atoms with E-state index in [2.05, 4.69) is 0 Å². The van der Waals surface area contributed by atoms with Gasteiger partial charge in [0.25, 0.3) is 0 Å². The van der Waals surface area contributed by atoms with Crippen LogP contribution in [0.5, 0.6) is 0 Å². The molecule has 0 heterocycles. The maximum absolute atomic E-state index is 8.52. The second-order valence-electron chi connectivity index (χ2n) is 0.816. The van der Waals surface area contributed by atoms with E-state index in [4.69, 9.17) is 35.0 Å². The van der Waals surface area contributed by atoms with Gasteiger partial charge in [0.15, 0.2) is 0 Å². The van der Waals surface area contributed by atoms with Crippen LogP contribution in [0.1, 0.15) is 0 Å². The van der Waals surface area contributed by atoms with Gasteiger partial charge in [0.2, 0.25) is 0 Å². The Bertz CT molecular complexity index is 211. The van der Waals surface area contributed by atoms with Crippen molar-refractivity contribution in [2.24, 2.45) is 0 Å². The van der Waals surface area contributed by atoms with Crippen molar-refractivity contribution < 1.29 is 95.1 Å². The zero-order valence-electron chi connectivity index (χ0n) is 8.08. The Balaban J connectivity index is -0.00000000615. The van der Waals surface area contributed by atoms with Gasteiger partial charge in [-0.15, -0.1) is 0 Å². The van der Waals surface area contributed by atoms with E-state index < -0.39 is 20.8 Å². The predicted octanol–water partition coefficient (Wildman–Crippen LogP) is -8.45. The standard InChI is InChI=1S/2H2O4S.7H2O.Ti/c2*1-5(2,3)4;;;;;;;;/h2*(H2,1,2,3,4);7*1H2;/q;;;;;;;;;+4/p-4. The topological polar surface area (TPSA) is 381 Å². The minimum atomic E-state index is -5.17. The van der Waals surface area contributed by atoms with Gasteiger partial charge in [0.1, 0.15) is 0 Å². The molecule has 0 aliphatic rings. The zero-order chi connectivity index (χ0) is 9.00. The first kappa shape index (κ1) is 80.2. The molecule has 0 aliphatic carbocycles. The van der Waals surface area contributed by atoms with Crippen molar-refractivity contribution in [1.82, 2.24) is 0 Å². The third-order valence-corrected chi connectivity index (χ3v) is 0. The Morgan fingerprint density at radius 2 is 0.444 bits per heavy atom. The van der Waals surface area contributed by atoms with Crippen molar-refractivity contribution in [3.8, 4) is 0 Å². The summed E-state index contributed by atoms with van der Waals surface area (Å²) < 4.78 is 68.2. The molecule has 0 atom stereocenters. The van der Waals surface area contributed by atoms with Crippen molar-refractivity contribution in [3.63, 3.8) is 0 Å². The first-order chi connectivity index (χ1) is 4.00. The summed E-state index contributed by atoms with van der Waals surface area (Å²) in [7, 11) is -10.3. The predicted molar refractivity (Wildman–Crippen MR) is 46.2 cm³/mol. The van der Waals surface area contributed by atoms with Crippen molar-refractivity contribution in [2.45, 2.75) is 0 Å².